The minimum atomic E-state index is -0.618. The van der Waals surface area contributed by atoms with Gasteiger partial charge in [-0.2, -0.15) is 0 Å². The molecule has 2 fully saturated rings. The molecule has 2 saturated heterocycles. The fourth-order valence-corrected chi connectivity index (χ4v) is 2.98. The number of amides is 1. The number of nitrogens with one attached hydrogen (secondary N) is 1. The zero-order chi connectivity index (χ0) is 15.1. The third-order valence-electron chi connectivity index (χ3n) is 4.57. The Morgan fingerprint density at radius 1 is 1.38 bits per heavy atom. The van der Waals surface area contributed by atoms with Gasteiger partial charge in [-0.05, 0) is 52.5 Å². The van der Waals surface area contributed by atoms with Gasteiger partial charge in [0.05, 0.1) is 6.10 Å². The number of nitrogens with zero attached hydrogens (tertiary/aromatic N) is 1. The first-order valence-corrected chi connectivity index (χ1v) is 8.32. The first-order chi connectivity index (χ1) is 10.1. The lowest BCUT2D eigenvalue weighted by molar-refractivity contribution is -0.150. The summed E-state index contributed by atoms with van der Waals surface area (Å²) in [7, 11) is 2.15. The van der Waals surface area contributed by atoms with Gasteiger partial charge in [0.25, 0.3) is 5.91 Å². The van der Waals surface area contributed by atoms with Gasteiger partial charge in [-0.25, -0.2) is 0 Å². The second-order valence-electron chi connectivity index (χ2n) is 6.52. The summed E-state index contributed by atoms with van der Waals surface area (Å²) < 4.78 is 11.5. The van der Waals surface area contributed by atoms with Gasteiger partial charge in [-0.1, -0.05) is 0 Å². The molecule has 0 unspecified atom stereocenters. The van der Waals surface area contributed by atoms with Crippen LogP contribution in [0.1, 0.15) is 45.4 Å². The van der Waals surface area contributed by atoms with E-state index in [0.29, 0.717) is 19.3 Å². The maximum Gasteiger partial charge on any atom is 0.251 e. The molecule has 0 radical (unpaired) electrons. The Balaban J connectivity index is 1.54. The number of likely N-dealkylation sites (tertiary alicyclic amines) is 1. The maximum absolute atomic E-state index is 12.1. The molecule has 0 aliphatic carbocycles. The van der Waals surface area contributed by atoms with E-state index < -0.39 is 5.60 Å². The van der Waals surface area contributed by atoms with E-state index in [1.165, 1.54) is 0 Å². The summed E-state index contributed by atoms with van der Waals surface area (Å²) in [5.41, 5.74) is -0.618. The van der Waals surface area contributed by atoms with Gasteiger partial charge in [0.15, 0.2) is 0 Å². The third kappa shape index (κ3) is 5.24. The molecule has 0 spiro atoms. The van der Waals surface area contributed by atoms with E-state index in [1.807, 2.05) is 6.92 Å². The van der Waals surface area contributed by atoms with Crippen LogP contribution in [0, 0.1) is 0 Å². The van der Waals surface area contributed by atoms with Gasteiger partial charge < -0.3 is 19.7 Å². The Hall–Kier alpha value is -0.650. The zero-order valence-corrected chi connectivity index (χ0v) is 13.5. The van der Waals surface area contributed by atoms with E-state index in [2.05, 4.69) is 17.3 Å². The van der Waals surface area contributed by atoms with E-state index in [1.54, 1.807) is 0 Å². The molecule has 2 rings (SSSR count). The quantitative estimate of drug-likeness (QED) is 0.756. The molecule has 5 nitrogen and oxygen atoms in total. The number of hydrogen-bond donors (Lipinski definition) is 1. The average molecular weight is 298 g/mol. The van der Waals surface area contributed by atoms with Crippen molar-refractivity contribution in [1.82, 2.24) is 10.2 Å². The van der Waals surface area contributed by atoms with Crippen molar-refractivity contribution >= 4 is 5.91 Å². The topological polar surface area (TPSA) is 50.8 Å². The third-order valence-corrected chi connectivity index (χ3v) is 4.57. The van der Waals surface area contributed by atoms with Gasteiger partial charge in [0.1, 0.15) is 5.60 Å². The predicted molar refractivity (Wildman–Crippen MR) is 82.3 cm³/mol. The van der Waals surface area contributed by atoms with E-state index in [4.69, 9.17) is 9.47 Å². The van der Waals surface area contributed by atoms with Crippen LogP contribution in [-0.4, -0.2) is 62.4 Å². The number of hydrogen-bond acceptors (Lipinski definition) is 4. The molecule has 0 aromatic rings. The summed E-state index contributed by atoms with van der Waals surface area (Å²) in [5, 5.41) is 2.99. The molecule has 2 aliphatic rings. The molecule has 2 aliphatic heterocycles. The van der Waals surface area contributed by atoms with Crippen LogP contribution in [0.15, 0.2) is 0 Å². The van der Waals surface area contributed by atoms with Crippen molar-refractivity contribution in [3.05, 3.63) is 0 Å². The number of carbonyl (C=O) groups excluding carboxylic acids is 1. The molecule has 122 valence electrons. The first-order valence-electron chi connectivity index (χ1n) is 8.32. The van der Waals surface area contributed by atoms with Crippen molar-refractivity contribution in [3.8, 4) is 0 Å². The second-order valence-corrected chi connectivity index (χ2v) is 6.52. The van der Waals surface area contributed by atoms with Gasteiger partial charge in [0.2, 0.25) is 0 Å². The highest BCUT2D eigenvalue weighted by Crippen LogP contribution is 2.24. The Bertz CT molecular complexity index is 321. The summed E-state index contributed by atoms with van der Waals surface area (Å²) >= 11 is 0. The number of ether oxygens (including phenoxy) is 2. The van der Waals surface area contributed by atoms with Crippen molar-refractivity contribution in [2.75, 3.05) is 39.9 Å². The van der Waals surface area contributed by atoms with Crippen LogP contribution < -0.4 is 5.32 Å². The van der Waals surface area contributed by atoms with E-state index >= 15 is 0 Å². The molecule has 2 heterocycles. The molecule has 21 heavy (non-hydrogen) atoms. The van der Waals surface area contributed by atoms with Crippen LogP contribution in [-0.2, 0) is 14.3 Å². The molecule has 1 amide bonds. The average Bonchev–Trinajstić information content (AvgIpc) is 2.49. The lowest BCUT2D eigenvalue weighted by Gasteiger charge is -2.32. The van der Waals surface area contributed by atoms with Crippen LogP contribution >= 0.6 is 0 Å². The van der Waals surface area contributed by atoms with Crippen LogP contribution in [0.3, 0.4) is 0 Å². The fourth-order valence-electron chi connectivity index (χ4n) is 2.98. The molecule has 0 aromatic carbocycles. The summed E-state index contributed by atoms with van der Waals surface area (Å²) in [6.07, 6.45) is 6.47. The van der Waals surface area contributed by atoms with Gasteiger partial charge in [-0.15, -0.1) is 0 Å². The van der Waals surface area contributed by atoms with Crippen molar-refractivity contribution in [3.63, 3.8) is 0 Å². The van der Waals surface area contributed by atoms with Gasteiger partial charge in [-0.3, -0.25) is 4.79 Å². The molecule has 1 N–H and O–H groups in total. The van der Waals surface area contributed by atoms with Crippen molar-refractivity contribution in [2.45, 2.75) is 57.2 Å². The standard InChI is InChI=1S/C16H30N2O3/c1-16(8-3-4-13-21-16)15(19)17-9-5-12-20-14-6-10-18(2)11-7-14/h14H,3-13H2,1-2H3,(H,17,19)/t16-/m1/s1. The normalized spacial score (nSPS) is 28.5. The Morgan fingerprint density at radius 2 is 2.14 bits per heavy atom. The SMILES string of the molecule is CN1CCC(OCCCNC(=O)[C@@]2(C)CCCCO2)CC1. The summed E-state index contributed by atoms with van der Waals surface area (Å²) in [4.78, 5) is 14.5. The predicted octanol–water partition coefficient (Wildman–Crippen LogP) is 1.56. The smallest absolute Gasteiger partial charge is 0.251 e. The molecular weight excluding hydrogens is 268 g/mol. The molecular formula is C16H30N2O3. The molecule has 0 aromatic heterocycles. The van der Waals surface area contributed by atoms with Crippen molar-refractivity contribution in [2.24, 2.45) is 0 Å². The summed E-state index contributed by atoms with van der Waals surface area (Å²) in [6.45, 7) is 6.24. The van der Waals surface area contributed by atoms with E-state index in [9.17, 15) is 4.79 Å². The van der Waals surface area contributed by atoms with E-state index in [0.717, 1.165) is 58.2 Å². The summed E-state index contributed by atoms with van der Waals surface area (Å²) in [5.74, 6) is 0.0292. The number of rotatable bonds is 6. The minimum absolute atomic E-state index is 0.0292. The maximum atomic E-state index is 12.1. The van der Waals surface area contributed by atoms with Crippen molar-refractivity contribution in [1.29, 1.82) is 0 Å². The van der Waals surface area contributed by atoms with Gasteiger partial charge >= 0.3 is 0 Å². The van der Waals surface area contributed by atoms with Crippen LogP contribution in [0.25, 0.3) is 0 Å². The highest BCUT2D eigenvalue weighted by atomic mass is 16.5. The Labute approximate surface area is 128 Å². The van der Waals surface area contributed by atoms with Crippen molar-refractivity contribution < 1.29 is 14.3 Å². The summed E-state index contributed by atoms with van der Waals surface area (Å²) in [6, 6.07) is 0. The lowest BCUT2D eigenvalue weighted by Crippen LogP contribution is -2.48. The lowest BCUT2D eigenvalue weighted by atomic mass is 9.95. The van der Waals surface area contributed by atoms with Crippen LogP contribution in [0.5, 0.6) is 0 Å². The number of piperidine rings is 1. The van der Waals surface area contributed by atoms with Crippen LogP contribution in [0.4, 0.5) is 0 Å². The Kier molecular flexibility index (Phi) is 6.45. The van der Waals surface area contributed by atoms with Gasteiger partial charge in [0, 0.05) is 32.8 Å². The minimum Gasteiger partial charge on any atom is -0.378 e. The largest absolute Gasteiger partial charge is 0.378 e. The molecule has 1 atom stereocenters. The first kappa shape index (κ1) is 16.7. The molecule has 0 bridgehead atoms. The monoisotopic (exact) mass is 298 g/mol. The second kappa shape index (κ2) is 8.11. The van der Waals surface area contributed by atoms with Crippen LogP contribution in [0.2, 0.25) is 0 Å². The van der Waals surface area contributed by atoms with E-state index in [-0.39, 0.29) is 5.91 Å². The highest BCUT2D eigenvalue weighted by molar-refractivity contribution is 5.84. The molecule has 0 saturated carbocycles. The Morgan fingerprint density at radius 3 is 2.81 bits per heavy atom. The number of carbonyl (C=O) groups is 1. The fraction of sp³-hybridized carbons (Fsp3) is 0.938. The zero-order valence-electron chi connectivity index (χ0n) is 13.5. The highest BCUT2D eigenvalue weighted by Gasteiger charge is 2.35. The molecule has 5 heteroatoms.